The first-order chi connectivity index (χ1) is 10.2. The standard InChI is InChI=1S/C20H42O/c1-4-7-10-12-13-16-19-20(21,17-14-9-6-3)18-15-11-8-5-2/h21H,4-19H2,1-3H3. The van der Waals surface area contributed by atoms with Crippen LogP contribution < -0.4 is 0 Å². The lowest BCUT2D eigenvalue weighted by molar-refractivity contribution is 0.00718. The third kappa shape index (κ3) is 13.4. The number of rotatable bonds is 16. The molecule has 1 heteroatoms. The van der Waals surface area contributed by atoms with Crippen LogP contribution in [0.4, 0.5) is 0 Å². The van der Waals surface area contributed by atoms with E-state index in [0.29, 0.717) is 0 Å². The summed E-state index contributed by atoms with van der Waals surface area (Å²) in [5.74, 6) is 0. The Balaban J connectivity index is 3.92. The average Bonchev–Trinajstić information content (AvgIpc) is 2.48. The van der Waals surface area contributed by atoms with Crippen molar-refractivity contribution in [2.75, 3.05) is 0 Å². The van der Waals surface area contributed by atoms with Crippen molar-refractivity contribution in [3.8, 4) is 0 Å². The third-order valence-corrected chi connectivity index (χ3v) is 4.74. The Morgan fingerprint density at radius 2 is 0.762 bits per heavy atom. The third-order valence-electron chi connectivity index (χ3n) is 4.74. The molecule has 21 heavy (non-hydrogen) atoms. The quantitative estimate of drug-likeness (QED) is 0.304. The van der Waals surface area contributed by atoms with Gasteiger partial charge in [0.1, 0.15) is 0 Å². The summed E-state index contributed by atoms with van der Waals surface area (Å²) < 4.78 is 0. The van der Waals surface area contributed by atoms with Crippen molar-refractivity contribution in [1.29, 1.82) is 0 Å². The van der Waals surface area contributed by atoms with Crippen molar-refractivity contribution in [2.24, 2.45) is 0 Å². The average molecular weight is 299 g/mol. The van der Waals surface area contributed by atoms with Crippen LogP contribution in [-0.4, -0.2) is 10.7 Å². The minimum absolute atomic E-state index is 0.354. The second-order valence-corrected chi connectivity index (χ2v) is 7.01. The van der Waals surface area contributed by atoms with Crippen LogP contribution in [0.2, 0.25) is 0 Å². The summed E-state index contributed by atoms with van der Waals surface area (Å²) >= 11 is 0. The van der Waals surface area contributed by atoms with Gasteiger partial charge >= 0.3 is 0 Å². The summed E-state index contributed by atoms with van der Waals surface area (Å²) in [6.45, 7) is 6.76. The molecule has 0 spiro atoms. The predicted molar refractivity (Wildman–Crippen MR) is 95.8 cm³/mol. The maximum Gasteiger partial charge on any atom is 0.0647 e. The minimum Gasteiger partial charge on any atom is -0.390 e. The van der Waals surface area contributed by atoms with Crippen molar-refractivity contribution in [2.45, 2.75) is 129 Å². The highest BCUT2D eigenvalue weighted by Crippen LogP contribution is 2.28. The zero-order chi connectivity index (χ0) is 15.8. The molecule has 0 amide bonds. The molecule has 0 saturated carbocycles. The van der Waals surface area contributed by atoms with Crippen molar-refractivity contribution in [1.82, 2.24) is 0 Å². The second kappa shape index (κ2) is 14.9. The summed E-state index contributed by atoms with van der Waals surface area (Å²) in [5.41, 5.74) is -0.354. The van der Waals surface area contributed by atoms with Gasteiger partial charge in [0.15, 0.2) is 0 Å². The molecule has 0 bridgehead atoms. The van der Waals surface area contributed by atoms with Crippen LogP contribution in [0.5, 0.6) is 0 Å². The topological polar surface area (TPSA) is 20.2 Å². The number of unbranched alkanes of at least 4 members (excludes halogenated alkanes) is 10. The van der Waals surface area contributed by atoms with Crippen LogP contribution >= 0.6 is 0 Å². The Morgan fingerprint density at radius 3 is 1.24 bits per heavy atom. The van der Waals surface area contributed by atoms with Gasteiger partial charge in [-0.2, -0.15) is 0 Å². The van der Waals surface area contributed by atoms with E-state index in [1.807, 2.05) is 0 Å². The van der Waals surface area contributed by atoms with Gasteiger partial charge in [-0.1, -0.05) is 104 Å². The summed E-state index contributed by atoms with van der Waals surface area (Å²) in [4.78, 5) is 0. The molecule has 1 unspecified atom stereocenters. The molecule has 0 aliphatic carbocycles. The van der Waals surface area contributed by atoms with Gasteiger partial charge in [-0.15, -0.1) is 0 Å². The number of hydrogen-bond donors (Lipinski definition) is 1. The first-order valence-electron chi connectivity index (χ1n) is 9.91. The Bertz CT molecular complexity index is 202. The van der Waals surface area contributed by atoms with E-state index in [9.17, 15) is 5.11 Å². The molecule has 1 N–H and O–H groups in total. The van der Waals surface area contributed by atoms with Gasteiger partial charge in [0.25, 0.3) is 0 Å². The van der Waals surface area contributed by atoms with E-state index in [0.717, 1.165) is 19.3 Å². The fraction of sp³-hybridized carbons (Fsp3) is 1.00. The van der Waals surface area contributed by atoms with Crippen LogP contribution in [-0.2, 0) is 0 Å². The molecule has 1 atom stereocenters. The van der Waals surface area contributed by atoms with Gasteiger partial charge in [0.05, 0.1) is 5.60 Å². The summed E-state index contributed by atoms with van der Waals surface area (Å²) in [6, 6.07) is 0. The molecule has 0 aliphatic rings. The monoisotopic (exact) mass is 298 g/mol. The van der Waals surface area contributed by atoms with Crippen LogP contribution in [0.25, 0.3) is 0 Å². The van der Waals surface area contributed by atoms with Crippen molar-refractivity contribution < 1.29 is 5.11 Å². The highest BCUT2D eigenvalue weighted by atomic mass is 16.3. The molecule has 0 fully saturated rings. The normalized spacial score (nSPS) is 14.3. The van der Waals surface area contributed by atoms with E-state index in [1.165, 1.54) is 83.5 Å². The maximum atomic E-state index is 10.9. The lowest BCUT2D eigenvalue weighted by Gasteiger charge is -2.28. The molecule has 0 rings (SSSR count). The lowest BCUT2D eigenvalue weighted by atomic mass is 9.85. The van der Waals surface area contributed by atoms with E-state index < -0.39 is 0 Å². The fourth-order valence-corrected chi connectivity index (χ4v) is 3.19. The first kappa shape index (κ1) is 21.0. The number of hydrogen-bond acceptors (Lipinski definition) is 1. The van der Waals surface area contributed by atoms with Crippen molar-refractivity contribution >= 4 is 0 Å². The number of aliphatic hydroxyl groups is 1. The van der Waals surface area contributed by atoms with Gasteiger partial charge in [-0.3, -0.25) is 0 Å². The molecule has 1 nitrogen and oxygen atoms in total. The van der Waals surface area contributed by atoms with Crippen molar-refractivity contribution in [3.63, 3.8) is 0 Å². The van der Waals surface area contributed by atoms with E-state index >= 15 is 0 Å². The van der Waals surface area contributed by atoms with E-state index in [4.69, 9.17) is 0 Å². The molecular weight excluding hydrogens is 256 g/mol. The molecule has 0 aromatic carbocycles. The van der Waals surface area contributed by atoms with Crippen LogP contribution in [0.15, 0.2) is 0 Å². The highest BCUT2D eigenvalue weighted by molar-refractivity contribution is 4.78. The Hall–Kier alpha value is -0.0400. The molecule has 128 valence electrons. The summed E-state index contributed by atoms with van der Waals surface area (Å²) in [6.07, 6.45) is 19.9. The summed E-state index contributed by atoms with van der Waals surface area (Å²) in [5, 5.41) is 10.9. The molecular formula is C20H42O. The molecule has 0 aromatic rings. The largest absolute Gasteiger partial charge is 0.390 e. The maximum absolute atomic E-state index is 10.9. The van der Waals surface area contributed by atoms with E-state index in [2.05, 4.69) is 20.8 Å². The molecule has 0 radical (unpaired) electrons. The van der Waals surface area contributed by atoms with E-state index in [1.54, 1.807) is 0 Å². The molecule has 0 saturated heterocycles. The predicted octanol–water partition coefficient (Wildman–Crippen LogP) is 7.02. The SMILES string of the molecule is CCCCCCCCC(O)(CCCCC)CCCCCC. The first-order valence-corrected chi connectivity index (χ1v) is 9.91. The molecule has 0 aromatic heterocycles. The van der Waals surface area contributed by atoms with Crippen LogP contribution in [0, 0.1) is 0 Å². The molecule has 0 heterocycles. The zero-order valence-electron chi connectivity index (χ0n) is 15.3. The van der Waals surface area contributed by atoms with Gasteiger partial charge in [-0.05, 0) is 19.3 Å². The zero-order valence-corrected chi connectivity index (χ0v) is 15.3. The molecule has 0 aliphatic heterocycles. The highest BCUT2D eigenvalue weighted by Gasteiger charge is 2.24. The van der Waals surface area contributed by atoms with Gasteiger partial charge in [0, 0.05) is 0 Å². The van der Waals surface area contributed by atoms with Gasteiger partial charge in [0.2, 0.25) is 0 Å². The van der Waals surface area contributed by atoms with Crippen LogP contribution in [0.1, 0.15) is 124 Å². The smallest absolute Gasteiger partial charge is 0.0647 e. The fourth-order valence-electron chi connectivity index (χ4n) is 3.19. The van der Waals surface area contributed by atoms with Crippen LogP contribution in [0.3, 0.4) is 0 Å². The Morgan fingerprint density at radius 1 is 0.476 bits per heavy atom. The Kier molecular flexibility index (Phi) is 14.9. The Labute approximate surface area is 134 Å². The van der Waals surface area contributed by atoms with Crippen molar-refractivity contribution in [3.05, 3.63) is 0 Å². The van der Waals surface area contributed by atoms with Gasteiger partial charge in [-0.25, -0.2) is 0 Å². The lowest BCUT2D eigenvalue weighted by Crippen LogP contribution is -2.28. The second-order valence-electron chi connectivity index (χ2n) is 7.01. The van der Waals surface area contributed by atoms with E-state index in [-0.39, 0.29) is 5.60 Å². The summed E-state index contributed by atoms with van der Waals surface area (Å²) in [7, 11) is 0. The van der Waals surface area contributed by atoms with Gasteiger partial charge < -0.3 is 5.11 Å². The minimum atomic E-state index is -0.354.